The Bertz CT molecular complexity index is 1240. The van der Waals surface area contributed by atoms with Crippen molar-refractivity contribution in [2.45, 2.75) is 44.8 Å². The number of aromatic nitrogens is 2. The highest BCUT2D eigenvalue weighted by Gasteiger charge is 2.23. The van der Waals surface area contributed by atoms with Crippen LogP contribution in [0.5, 0.6) is 0 Å². The molecule has 1 aromatic heterocycles. The number of carbonyl (C=O) groups is 2. The highest BCUT2D eigenvalue weighted by molar-refractivity contribution is 5.93. The lowest BCUT2D eigenvalue weighted by Gasteiger charge is -2.26. The Morgan fingerprint density at radius 2 is 1.85 bits per heavy atom. The largest absolute Gasteiger partial charge is 0.348 e. The zero-order valence-corrected chi connectivity index (χ0v) is 19.4. The molecule has 1 heterocycles. The number of aryl methyl sites for hydroxylation is 1. The zero-order valence-electron chi connectivity index (χ0n) is 19.4. The number of nitrogens with zero attached hydrogens (tertiary/aromatic N) is 2. The molecule has 34 heavy (non-hydrogen) atoms. The molecule has 1 aliphatic rings. The van der Waals surface area contributed by atoms with E-state index in [2.05, 4.69) is 27.0 Å². The Labute approximate surface area is 198 Å². The van der Waals surface area contributed by atoms with E-state index in [-0.39, 0.29) is 30.2 Å². The molecule has 0 spiro atoms. The van der Waals surface area contributed by atoms with Crippen LogP contribution in [-0.2, 0) is 22.6 Å². The average Bonchev–Trinajstić information content (AvgIpc) is 2.86. The van der Waals surface area contributed by atoms with Gasteiger partial charge in [0.25, 0.3) is 5.56 Å². The lowest BCUT2D eigenvalue weighted by molar-refractivity contribution is -0.122. The molecule has 176 valence electrons. The summed E-state index contributed by atoms with van der Waals surface area (Å²) in [5.74, 6) is -0.759. The zero-order chi connectivity index (χ0) is 24.1. The van der Waals surface area contributed by atoms with Crippen molar-refractivity contribution >= 4 is 17.6 Å². The Kier molecular flexibility index (Phi) is 7.18. The Hall–Kier alpha value is -3.78. The first-order valence-electron chi connectivity index (χ1n) is 11.5. The third-order valence-electron chi connectivity index (χ3n) is 6.20. The molecule has 2 atom stereocenters. The Morgan fingerprint density at radius 1 is 1.12 bits per heavy atom. The van der Waals surface area contributed by atoms with Crippen molar-refractivity contribution < 1.29 is 9.59 Å². The summed E-state index contributed by atoms with van der Waals surface area (Å²) < 4.78 is 1.37. The van der Waals surface area contributed by atoms with Crippen LogP contribution in [0.1, 0.15) is 36.9 Å². The van der Waals surface area contributed by atoms with Crippen molar-refractivity contribution in [2.24, 2.45) is 0 Å². The quantitative estimate of drug-likeness (QED) is 0.504. The van der Waals surface area contributed by atoms with Gasteiger partial charge in [-0.25, -0.2) is 4.98 Å². The van der Waals surface area contributed by atoms with E-state index in [1.54, 1.807) is 14.0 Å². The third kappa shape index (κ3) is 5.07. The third-order valence-corrected chi connectivity index (χ3v) is 6.20. The molecule has 8 heteroatoms. The van der Waals surface area contributed by atoms with Gasteiger partial charge in [-0.05, 0) is 49.9 Å². The van der Waals surface area contributed by atoms with E-state index < -0.39 is 11.6 Å². The lowest BCUT2D eigenvalue weighted by Crippen LogP contribution is -2.40. The second kappa shape index (κ2) is 10.4. The first-order chi connectivity index (χ1) is 16.5. The first kappa shape index (κ1) is 23.4. The minimum atomic E-state index is -0.530. The van der Waals surface area contributed by atoms with Crippen LogP contribution in [0.4, 0.5) is 5.82 Å². The number of rotatable bonds is 7. The molecule has 0 aliphatic heterocycles. The van der Waals surface area contributed by atoms with E-state index >= 15 is 0 Å². The van der Waals surface area contributed by atoms with Gasteiger partial charge in [0, 0.05) is 0 Å². The number of hydrogen-bond acceptors (Lipinski definition) is 5. The van der Waals surface area contributed by atoms with Gasteiger partial charge in [0.2, 0.25) is 11.8 Å². The number of nitrogens with one attached hydrogen (secondary N) is 3. The van der Waals surface area contributed by atoms with Crippen molar-refractivity contribution in [3.05, 3.63) is 82.3 Å². The van der Waals surface area contributed by atoms with Gasteiger partial charge in [-0.3, -0.25) is 19.0 Å². The lowest BCUT2D eigenvalue weighted by atomic mass is 9.88. The van der Waals surface area contributed by atoms with Crippen LogP contribution in [0.3, 0.4) is 0 Å². The van der Waals surface area contributed by atoms with E-state index in [0.717, 1.165) is 30.4 Å². The number of amides is 2. The molecule has 3 N–H and O–H groups in total. The monoisotopic (exact) mass is 459 g/mol. The van der Waals surface area contributed by atoms with E-state index in [1.165, 1.54) is 16.3 Å². The van der Waals surface area contributed by atoms with Gasteiger partial charge in [0.05, 0.1) is 24.0 Å². The number of likely N-dealkylation sites (N-methyl/N-ethyl adjacent to an activating group) is 1. The van der Waals surface area contributed by atoms with E-state index in [4.69, 9.17) is 0 Å². The first-order valence-corrected chi connectivity index (χ1v) is 11.5. The van der Waals surface area contributed by atoms with Crippen LogP contribution < -0.4 is 21.5 Å². The van der Waals surface area contributed by atoms with Crippen LogP contribution in [-0.4, -0.2) is 34.5 Å². The molecule has 2 amide bonds. The molecular weight excluding hydrogens is 430 g/mol. The predicted molar refractivity (Wildman–Crippen MR) is 131 cm³/mol. The summed E-state index contributed by atoms with van der Waals surface area (Å²) in [7, 11) is 1.65. The number of anilines is 1. The standard InChI is InChI=1S/C26H29N5O3/c1-17(27-2)25(33)30-24-26(34)31(22(15-28-24)19-10-4-3-5-11-19)16-23(32)29-21-14-8-12-18-9-6-7-13-20(18)21/h3-7,9-11,13,15,17,21,27H,8,12,14,16H2,1-2H3,(H,29,32)(H,28,30,33). The molecule has 0 radical (unpaired) electrons. The van der Waals surface area contributed by atoms with Gasteiger partial charge in [-0.15, -0.1) is 0 Å². The molecule has 3 aromatic rings. The summed E-state index contributed by atoms with van der Waals surface area (Å²) in [6.07, 6.45) is 4.35. The van der Waals surface area contributed by atoms with Crippen LogP contribution in [0.15, 0.2) is 65.6 Å². The summed E-state index contributed by atoms with van der Waals surface area (Å²) in [5.41, 5.74) is 3.10. The minimum Gasteiger partial charge on any atom is -0.348 e. The molecule has 2 unspecified atom stereocenters. The van der Waals surface area contributed by atoms with Crippen LogP contribution in [0, 0.1) is 0 Å². The second-order valence-electron chi connectivity index (χ2n) is 8.46. The van der Waals surface area contributed by atoms with E-state index in [9.17, 15) is 14.4 Å². The molecule has 4 rings (SSSR count). The second-order valence-corrected chi connectivity index (χ2v) is 8.46. The van der Waals surface area contributed by atoms with Crippen molar-refractivity contribution in [3.8, 4) is 11.3 Å². The number of carbonyl (C=O) groups excluding carboxylic acids is 2. The molecule has 0 saturated heterocycles. The van der Waals surface area contributed by atoms with Crippen molar-refractivity contribution in [1.29, 1.82) is 0 Å². The number of hydrogen-bond donors (Lipinski definition) is 3. The topological polar surface area (TPSA) is 105 Å². The highest BCUT2D eigenvalue weighted by Crippen LogP contribution is 2.29. The molecular formula is C26H29N5O3. The van der Waals surface area contributed by atoms with Crippen LogP contribution >= 0.6 is 0 Å². The van der Waals surface area contributed by atoms with E-state index in [0.29, 0.717) is 5.69 Å². The van der Waals surface area contributed by atoms with Gasteiger partial charge < -0.3 is 16.0 Å². The van der Waals surface area contributed by atoms with Crippen LogP contribution in [0.25, 0.3) is 11.3 Å². The maximum atomic E-state index is 13.3. The molecule has 2 aromatic carbocycles. The normalized spacial score (nSPS) is 15.8. The van der Waals surface area contributed by atoms with Gasteiger partial charge in [0.1, 0.15) is 6.54 Å². The number of fused-ring (bicyclic) bond motifs is 1. The van der Waals surface area contributed by atoms with Gasteiger partial charge in [-0.2, -0.15) is 0 Å². The Morgan fingerprint density at radius 3 is 2.62 bits per heavy atom. The van der Waals surface area contributed by atoms with Gasteiger partial charge >= 0.3 is 0 Å². The SMILES string of the molecule is CNC(C)C(=O)Nc1ncc(-c2ccccc2)n(CC(=O)NC2CCCc3ccccc32)c1=O. The van der Waals surface area contributed by atoms with Crippen molar-refractivity contribution in [1.82, 2.24) is 20.2 Å². The molecule has 0 bridgehead atoms. The van der Waals surface area contributed by atoms with Crippen molar-refractivity contribution in [2.75, 3.05) is 12.4 Å². The molecule has 0 fully saturated rings. The summed E-state index contributed by atoms with van der Waals surface area (Å²) in [4.78, 5) is 43.0. The smallest absolute Gasteiger partial charge is 0.294 e. The fraction of sp³-hybridized carbons (Fsp3) is 0.308. The number of benzene rings is 2. The predicted octanol–water partition coefficient (Wildman–Crippen LogP) is 2.65. The summed E-state index contributed by atoms with van der Waals surface area (Å²) >= 11 is 0. The van der Waals surface area contributed by atoms with Crippen LogP contribution in [0.2, 0.25) is 0 Å². The van der Waals surface area contributed by atoms with Gasteiger partial charge in [0.15, 0.2) is 5.82 Å². The molecule has 1 aliphatic carbocycles. The fourth-order valence-electron chi connectivity index (χ4n) is 4.21. The minimum absolute atomic E-state index is 0.0918. The fourth-order valence-corrected chi connectivity index (χ4v) is 4.21. The van der Waals surface area contributed by atoms with Crippen molar-refractivity contribution in [3.63, 3.8) is 0 Å². The average molecular weight is 460 g/mol. The van der Waals surface area contributed by atoms with E-state index in [1.807, 2.05) is 48.5 Å². The Balaban J connectivity index is 1.63. The summed E-state index contributed by atoms with van der Waals surface area (Å²) in [5, 5.41) is 8.50. The highest BCUT2D eigenvalue weighted by atomic mass is 16.2. The summed E-state index contributed by atoms with van der Waals surface area (Å²) in [6.45, 7) is 1.50. The molecule has 0 saturated carbocycles. The molecule has 8 nitrogen and oxygen atoms in total. The summed E-state index contributed by atoms with van der Waals surface area (Å²) in [6, 6.07) is 16.8. The van der Waals surface area contributed by atoms with Gasteiger partial charge in [-0.1, -0.05) is 54.6 Å². The maximum absolute atomic E-state index is 13.3. The maximum Gasteiger partial charge on any atom is 0.294 e.